The van der Waals surface area contributed by atoms with Gasteiger partial charge in [0, 0.05) is 28.7 Å². The topological polar surface area (TPSA) is 17.1 Å². The van der Waals surface area contributed by atoms with Crippen LogP contribution >= 0.6 is 22.6 Å². The van der Waals surface area contributed by atoms with Crippen LogP contribution in [0.2, 0.25) is 0 Å². The summed E-state index contributed by atoms with van der Waals surface area (Å²) in [6.45, 7) is 0. The summed E-state index contributed by atoms with van der Waals surface area (Å²) in [5.41, 5.74) is 4.87. The fraction of sp³-hybridized carbons (Fsp3) is 0.100. The summed E-state index contributed by atoms with van der Waals surface area (Å²) in [6, 6.07) is 23.6. The molecular formula is C20H17IN4+2. The predicted octanol–water partition coefficient (Wildman–Crippen LogP) is 3.29. The monoisotopic (exact) mass is 440 g/mol. The van der Waals surface area contributed by atoms with E-state index in [1.807, 2.05) is 0 Å². The summed E-state index contributed by atoms with van der Waals surface area (Å²) in [6.07, 6.45) is 0. The van der Waals surface area contributed by atoms with Crippen LogP contribution in [-0.2, 0) is 14.1 Å². The highest BCUT2D eigenvalue weighted by atomic mass is 127. The van der Waals surface area contributed by atoms with Gasteiger partial charge in [-0.15, -0.1) is 0 Å². The Morgan fingerprint density at radius 1 is 0.720 bits per heavy atom. The highest BCUT2D eigenvalue weighted by Crippen LogP contribution is 2.26. The third-order valence-corrected chi connectivity index (χ3v) is 6.00. The van der Waals surface area contributed by atoms with E-state index < -0.39 is 0 Å². The molecule has 2 aromatic carbocycles. The number of imidazole rings is 2. The molecule has 122 valence electrons. The van der Waals surface area contributed by atoms with E-state index in [1.54, 1.807) is 0 Å². The highest BCUT2D eigenvalue weighted by Gasteiger charge is 2.28. The van der Waals surface area contributed by atoms with Crippen LogP contribution in [-0.4, -0.2) is 8.97 Å². The molecule has 4 nitrogen and oxygen atoms in total. The van der Waals surface area contributed by atoms with Crippen LogP contribution in [0.1, 0.15) is 0 Å². The third kappa shape index (κ3) is 1.93. The van der Waals surface area contributed by atoms with Crippen LogP contribution < -0.4 is 9.13 Å². The van der Waals surface area contributed by atoms with Crippen molar-refractivity contribution in [3.05, 3.63) is 70.4 Å². The number of halogens is 1. The molecule has 0 radical (unpaired) electrons. The lowest BCUT2D eigenvalue weighted by molar-refractivity contribution is -0.679. The predicted molar refractivity (Wildman–Crippen MR) is 107 cm³/mol. The molecule has 0 bridgehead atoms. The van der Waals surface area contributed by atoms with Crippen molar-refractivity contribution in [1.82, 2.24) is 8.97 Å². The molecule has 0 N–H and O–H groups in total. The number of hydrogen-bond donors (Lipinski definition) is 0. The molecule has 0 aliphatic heterocycles. The number of pyridine rings is 1. The Morgan fingerprint density at radius 3 is 2.20 bits per heavy atom. The lowest BCUT2D eigenvalue weighted by Gasteiger charge is -2.04. The maximum atomic E-state index is 2.38. The standard InChI is InChI=1S/C20H17IN4/c1-22-14-8-3-4-9-15(14)24-16-10-5-6-11-17(16)25(20(22)24)19-13-7-12-18(21)23(19)2/h3-13H,1-2H3/q+2. The molecular weight excluding hydrogens is 423 g/mol. The molecule has 0 atom stereocenters. The number of nitrogens with zero attached hydrogens (tertiary/aromatic N) is 4. The van der Waals surface area contributed by atoms with Crippen LogP contribution in [0.4, 0.5) is 0 Å². The summed E-state index contributed by atoms with van der Waals surface area (Å²) in [5, 5.41) is 0. The molecule has 3 heterocycles. The van der Waals surface area contributed by atoms with Gasteiger partial charge in [0.25, 0.3) is 5.82 Å². The third-order valence-electron chi connectivity index (χ3n) is 4.92. The lowest BCUT2D eigenvalue weighted by Crippen LogP contribution is -2.39. The Labute approximate surface area is 158 Å². The van der Waals surface area contributed by atoms with Crippen LogP contribution in [0.25, 0.3) is 33.7 Å². The van der Waals surface area contributed by atoms with Gasteiger partial charge in [-0.25, -0.2) is 9.13 Å². The van der Waals surface area contributed by atoms with Crippen molar-refractivity contribution in [2.24, 2.45) is 14.1 Å². The molecule has 0 fully saturated rings. The fourth-order valence-corrected chi connectivity index (χ4v) is 4.19. The van der Waals surface area contributed by atoms with E-state index in [2.05, 4.69) is 122 Å². The number of aryl methyl sites for hydroxylation is 1. The van der Waals surface area contributed by atoms with E-state index in [0.29, 0.717) is 0 Å². The summed E-state index contributed by atoms with van der Waals surface area (Å²) in [4.78, 5) is 0. The van der Waals surface area contributed by atoms with E-state index in [-0.39, 0.29) is 0 Å². The summed E-state index contributed by atoms with van der Waals surface area (Å²) in [5.74, 6) is 2.30. The van der Waals surface area contributed by atoms with Crippen molar-refractivity contribution in [2.75, 3.05) is 0 Å². The zero-order valence-electron chi connectivity index (χ0n) is 14.0. The zero-order chi connectivity index (χ0) is 17.1. The van der Waals surface area contributed by atoms with Crippen molar-refractivity contribution in [3.63, 3.8) is 0 Å². The summed E-state index contributed by atoms with van der Waals surface area (Å²) >= 11 is 2.38. The molecule has 0 spiro atoms. The minimum absolute atomic E-state index is 1.15. The summed E-state index contributed by atoms with van der Waals surface area (Å²) in [7, 11) is 4.26. The molecule has 0 aliphatic carbocycles. The van der Waals surface area contributed by atoms with Gasteiger partial charge in [-0.05, 0) is 30.3 Å². The second-order valence-corrected chi connectivity index (χ2v) is 7.38. The van der Waals surface area contributed by atoms with Crippen molar-refractivity contribution < 1.29 is 9.13 Å². The van der Waals surface area contributed by atoms with Gasteiger partial charge in [-0.1, -0.05) is 30.3 Å². The van der Waals surface area contributed by atoms with Crippen molar-refractivity contribution >= 4 is 50.4 Å². The molecule has 25 heavy (non-hydrogen) atoms. The van der Waals surface area contributed by atoms with E-state index in [9.17, 15) is 0 Å². The van der Waals surface area contributed by atoms with Gasteiger partial charge in [0.05, 0.1) is 14.1 Å². The molecule has 0 unspecified atom stereocenters. The first kappa shape index (κ1) is 14.9. The normalized spacial score (nSPS) is 11.8. The molecule has 5 rings (SSSR count). The SMILES string of the molecule is C[n+]1c(I)cccc1-n1c2ccccc2n2c3ccccc3[n+](C)c12. The Kier molecular flexibility index (Phi) is 3.15. The van der Waals surface area contributed by atoms with Crippen LogP contribution in [0.3, 0.4) is 0 Å². The van der Waals surface area contributed by atoms with Gasteiger partial charge in [0.15, 0.2) is 9.22 Å². The van der Waals surface area contributed by atoms with E-state index in [1.165, 1.54) is 25.8 Å². The first-order valence-electron chi connectivity index (χ1n) is 8.22. The average Bonchev–Trinajstić information content (AvgIpc) is 3.12. The smallest absolute Gasteiger partial charge is 0.231 e. The molecule has 0 saturated heterocycles. The Morgan fingerprint density at radius 2 is 1.40 bits per heavy atom. The lowest BCUT2D eigenvalue weighted by atomic mass is 10.3. The van der Waals surface area contributed by atoms with Gasteiger partial charge in [-0.3, -0.25) is 0 Å². The second-order valence-electron chi connectivity index (χ2n) is 6.27. The minimum atomic E-state index is 1.15. The molecule has 5 heteroatoms. The van der Waals surface area contributed by atoms with Crippen LogP contribution in [0.5, 0.6) is 0 Å². The Hall–Kier alpha value is -2.41. The van der Waals surface area contributed by atoms with E-state index >= 15 is 0 Å². The van der Waals surface area contributed by atoms with Gasteiger partial charge >= 0.3 is 5.78 Å². The number of rotatable bonds is 1. The average molecular weight is 440 g/mol. The number of hydrogen-bond acceptors (Lipinski definition) is 0. The van der Waals surface area contributed by atoms with Crippen molar-refractivity contribution in [2.45, 2.75) is 0 Å². The molecule has 0 saturated carbocycles. The minimum Gasteiger partial charge on any atom is -0.231 e. The van der Waals surface area contributed by atoms with Crippen molar-refractivity contribution in [1.29, 1.82) is 0 Å². The Bertz CT molecular complexity index is 1280. The molecule has 0 amide bonds. The number of fused-ring (bicyclic) bond motifs is 5. The molecule has 3 aromatic heterocycles. The Balaban J connectivity index is 2.10. The molecule has 5 aromatic rings. The maximum Gasteiger partial charge on any atom is 0.378 e. The van der Waals surface area contributed by atoms with Gasteiger partial charge in [-0.2, -0.15) is 8.97 Å². The number of benzene rings is 2. The number of aromatic nitrogens is 4. The first-order valence-corrected chi connectivity index (χ1v) is 9.30. The molecule has 0 aliphatic rings. The van der Waals surface area contributed by atoms with E-state index in [4.69, 9.17) is 0 Å². The number of para-hydroxylation sites is 4. The second kappa shape index (κ2) is 5.29. The van der Waals surface area contributed by atoms with Crippen LogP contribution in [0.15, 0.2) is 66.7 Å². The fourth-order valence-electron chi connectivity index (χ4n) is 3.74. The highest BCUT2D eigenvalue weighted by molar-refractivity contribution is 14.1. The van der Waals surface area contributed by atoms with E-state index in [0.717, 1.165) is 11.6 Å². The first-order chi connectivity index (χ1) is 12.2. The zero-order valence-corrected chi connectivity index (χ0v) is 16.2. The van der Waals surface area contributed by atoms with Gasteiger partial charge < -0.3 is 0 Å². The van der Waals surface area contributed by atoms with Gasteiger partial charge in [0.2, 0.25) is 0 Å². The van der Waals surface area contributed by atoms with Gasteiger partial charge in [0.1, 0.15) is 16.6 Å². The maximum absolute atomic E-state index is 2.38. The largest absolute Gasteiger partial charge is 0.378 e. The summed E-state index contributed by atoms with van der Waals surface area (Å²) < 4.78 is 10.4. The quantitative estimate of drug-likeness (QED) is 0.216. The van der Waals surface area contributed by atoms with Crippen LogP contribution in [0, 0.1) is 3.70 Å². The van der Waals surface area contributed by atoms with Crippen molar-refractivity contribution in [3.8, 4) is 5.82 Å².